The van der Waals surface area contributed by atoms with Crippen LogP contribution in [-0.4, -0.2) is 49.9 Å². The highest BCUT2D eigenvalue weighted by Crippen LogP contribution is 2.31. The van der Waals surface area contributed by atoms with Crippen LogP contribution in [0.5, 0.6) is 5.75 Å². The van der Waals surface area contributed by atoms with Crippen molar-refractivity contribution in [2.45, 2.75) is 37.4 Å². The van der Waals surface area contributed by atoms with Crippen molar-refractivity contribution in [2.75, 3.05) is 6.54 Å². The van der Waals surface area contributed by atoms with Crippen molar-refractivity contribution in [3.8, 4) is 5.75 Å². The van der Waals surface area contributed by atoms with Gasteiger partial charge in [-0.3, -0.25) is 9.52 Å². The summed E-state index contributed by atoms with van der Waals surface area (Å²) in [6.07, 6.45) is 5.79. The number of carbonyl (C=O) groups is 1. The largest absolute Gasteiger partial charge is 0.433 e. The van der Waals surface area contributed by atoms with Crippen LogP contribution in [0.3, 0.4) is 0 Å². The number of dihydropyridines is 1. The predicted octanol–water partition coefficient (Wildman–Crippen LogP) is 3.02. The number of nitrogens with zero attached hydrogens (tertiary/aromatic N) is 2. The molecule has 2 unspecified atom stereocenters. The van der Waals surface area contributed by atoms with E-state index in [1.54, 1.807) is 26.0 Å². The molecule has 3 heterocycles. The number of para-hydroxylation sites is 1. The van der Waals surface area contributed by atoms with Crippen LogP contribution < -0.4 is 25.8 Å². The van der Waals surface area contributed by atoms with E-state index in [0.717, 1.165) is 30.0 Å². The lowest BCUT2D eigenvalue weighted by Gasteiger charge is -2.24. The molecule has 2 aromatic rings. The van der Waals surface area contributed by atoms with Crippen LogP contribution in [0.2, 0.25) is 0 Å². The number of Topliss-reactive ketones (excluding diaryl/α,β-unsaturated/α-hetero) is 1. The van der Waals surface area contributed by atoms with Gasteiger partial charge in [-0.05, 0) is 60.9 Å². The van der Waals surface area contributed by atoms with E-state index in [1.807, 2.05) is 0 Å². The number of hydrogen-bond donors (Lipinski definition) is 5. The lowest BCUT2D eigenvalue weighted by atomic mass is 9.94. The Bertz CT molecular complexity index is 1880. The van der Waals surface area contributed by atoms with Gasteiger partial charge in [-0.25, -0.2) is 18.8 Å². The molecule has 0 radical (unpaired) electrons. The minimum atomic E-state index is -4.16. The van der Waals surface area contributed by atoms with Gasteiger partial charge in [0.2, 0.25) is 23.4 Å². The first kappa shape index (κ1) is 31.3. The standard InChI is InChI=1S/C30H28F3N7O4S/c1-15-9-17-11-23(37-22(17)12-21(15)40-45(42,43)27-8-4-7-25(33)39-27)28(41)18(13-34)30(35)38-24-14-36-26(10-16(24)2)44-29-19(31)5-3-6-20(29)32/h3-11,13,22,24,34,37-38,40H,12,14,35H2,1-2H3/b30-18+,34-13?. The molecule has 1 aromatic carbocycles. The zero-order chi connectivity index (χ0) is 32.5. The molecule has 45 heavy (non-hydrogen) atoms. The van der Waals surface area contributed by atoms with Crippen LogP contribution in [0.25, 0.3) is 0 Å². The number of fused-ring (bicyclic) bond motifs is 1. The van der Waals surface area contributed by atoms with E-state index in [9.17, 15) is 26.4 Å². The Hall–Kier alpha value is -5.18. The molecule has 1 aromatic heterocycles. The van der Waals surface area contributed by atoms with Gasteiger partial charge in [0.05, 0.1) is 29.9 Å². The normalized spacial score (nSPS) is 20.0. The number of ketones is 1. The summed E-state index contributed by atoms with van der Waals surface area (Å²) in [5.41, 5.74) is 8.54. The van der Waals surface area contributed by atoms with E-state index in [-0.39, 0.29) is 36.0 Å². The number of ether oxygens (including phenoxy) is 1. The topological polar surface area (TPSA) is 172 Å². The summed E-state index contributed by atoms with van der Waals surface area (Å²) in [6, 6.07) is 5.85. The van der Waals surface area contributed by atoms with Crippen molar-refractivity contribution in [1.29, 1.82) is 5.41 Å². The SMILES string of the molecule is CC1=CC(Oc2c(F)cccc2F)=NCC1N/C(N)=C(\C=N)C(=O)C1=CC2=CC(C)=C(NS(=O)(=O)c3cccc(F)n3)CC2N1. The summed E-state index contributed by atoms with van der Waals surface area (Å²) in [4.78, 5) is 21.1. The highest BCUT2D eigenvalue weighted by Gasteiger charge is 2.32. The molecule has 0 fully saturated rings. The van der Waals surface area contributed by atoms with Gasteiger partial charge in [0.15, 0.2) is 16.7 Å². The Balaban J connectivity index is 1.27. The molecule has 0 amide bonds. The van der Waals surface area contributed by atoms with Crippen LogP contribution in [0.15, 0.2) is 104 Å². The van der Waals surface area contributed by atoms with Crippen molar-refractivity contribution in [3.05, 3.63) is 112 Å². The summed E-state index contributed by atoms with van der Waals surface area (Å²) in [5, 5.41) is 13.4. The fraction of sp³-hybridized carbons (Fsp3) is 0.200. The molecule has 1 aliphatic carbocycles. The zero-order valence-corrected chi connectivity index (χ0v) is 24.8. The summed E-state index contributed by atoms with van der Waals surface area (Å²) in [5.74, 6) is -3.93. The Morgan fingerprint density at radius 1 is 1.11 bits per heavy atom. The molecule has 2 atom stereocenters. The minimum Gasteiger partial charge on any atom is -0.433 e. The van der Waals surface area contributed by atoms with E-state index in [1.165, 1.54) is 24.3 Å². The lowest BCUT2D eigenvalue weighted by Crippen LogP contribution is -2.40. The molecule has 0 saturated carbocycles. The van der Waals surface area contributed by atoms with Gasteiger partial charge >= 0.3 is 0 Å². The number of benzene rings is 1. The zero-order valence-electron chi connectivity index (χ0n) is 24.0. The maximum atomic E-state index is 14.0. The van der Waals surface area contributed by atoms with Crippen molar-refractivity contribution in [1.82, 2.24) is 20.3 Å². The first-order valence-corrected chi connectivity index (χ1v) is 15.1. The quantitative estimate of drug-likeness (QED) is 0.158. The van der Waals surface area contributed by atoms with Crippen LogP contribution in [0.1, 0.15) is 20.3 Å². The van der Waals surface area contributed by atoms with Crippen molar-refractivity contribution in [2.24, 2.45) is 10.7 Å². The number of nitrogens with one attached hydrogen (secondary N) is 4. The summed E-state index contributed by atoms with van der Waals surface area (Å²) >= 11 is 0. The highest BCUT2D eigenvalue weighted by molar-refractivity contribution is 7.89. The number of rotatable bonds is 9. The Morgan fingerprint density at radius 3 is 2.49 bits per heavy atom. The Labute approximate surface area is 256 Å². The molecule has 11 nitrogen and oxygen atoms in total. The number of nitrogens with two attached hydrogens (primary N) is 1. The third-order valence-electron chi connectivity index (χ3n) is 7.24. The average molecular weight is 640 g/mol. The summed E-state index contributed by atoms with van der Waals surface area (Å²) in [6.45, 7) is 3.49. The van der Waals surface area contributed by atoms with Crippen LogP contribution >= 0.6 is 0 Å². The predicted molar refractivity (Wildman–Crippen MR) is 160 cm³/mol. The molecular formula is C30H28F3N7O4S. The number of aliphatic imine (C=N–C) groups is 1. The maximum absolute atomic E-state index is 14.0. The lowest BCUT2D eigenvalue weighted by molar-refractivity contribution is -0.112. The van der Waals surface area contributed by atoms with E-state index < -0.39 is 56.2 Å². The van der Waals surface area contributed by atoms with Gasteiger partial charge < -0.3 is 26.5 Å². The second-order valence-electron chi connectivity index (χ2n) is 10.4. The molecule has 0 saturated heterocycles. The molecule has 234 valence electrons. The first-order chi connectivity index (χ1) is 21.4. The van der Waals surface area contributed by atoms with Gasteiger partial charge in [0.1, 0.15) is 5.82 Å². The number of sulfonamides is 1. The van der Waals surface area contributed by atoms with Gasteiger partial charge in [-0.15, -0.1) is 0 Å². The third-order valence-corrected chi connectivity index (χ3v) is 8.54. The second-order valence-corrected chi connectivity index (χ2v) is 12.0. The first-order valence-electron chi connectivity index (χ1n) is 13.6. The fourth-order valence-electron chi connectivity index (χ4n) is 4.85. The molecule has 2 aliphatic heterocycles. The number of aromatic nitrogens is 1. The van der Waals surface area contributed by atoms with Gasteiger partial charge in [-0.1, -0.05) is 18.2 Å². The third kappa shape index (κ3) is 6.67. The number of hydrogen-bond acceptors (Lipinski definition) is 10. The molecule has 0 bridgehead atoms. The van der Waals surface area contributed by atoms with Gasteiger partial charge in [0.25, 0.3) is 10.0 Å². The Morgan fingerprint density at radius 2 is 1.82 bits per heavy atom. The smallest absolute Gasteiger partial charge is 0.279 e. The fourth-order valence-corrected chi connectivity index (χ4v) is 5.99. The summed E-state index contributed by atoms with van der Waals surface area (Å²) in [7, 11) is -4.16. The highest BCUT2D eigenvalue weighted by atomic mass is 32.2. The van der Waals surface area contributed by atoms with Gasteiger partial charge in [0, 0.05) is 24.4 Å². The van der Waals surface area contributed by atoms with Crippen molar-refractivity contribution in [3.63, 3.8) is 0 Å². The molecular weight excluding hydrogens is 611 g/mol. The van der Waals surface area contributed by atoms with Crippen molar-refractivity contribution >= 4 is 27.9 Å². The van der Waals surface area contributed by atoms with E-state index in [0.29, 0.717) is 16.8 Å². The Kier molecular flexibility index (Phi) is 8.64. The second kappa shape index (κ2) is 12.4. The number of allylic oxidation sites excluding steroid dienone is 3. The van der Waals surface area contributed by atoms with Crippen LogP contribution in [0, 0.1) is 23.0 Å². The molecule has 6 N–H and O–H groups in total. The monoisotopic (exact) mass is 639 g/mol. The van der Waals surface area contributed by atoms with E-state index in [2.05, 4.69) is 25.3 Å². The average Bonchev–Trinajstić information content (AvgIpc) is 3.39. The molecule has 5 rings (SSSR count). The number of halogens is 3. The maximum Gasteiger partial charge on any atom is 0.279 e. The number of pyridine rings is 1. The molecule has 15 heteroatoms. The number of carbonyl (C=O) groups excluding carboxylic acids is 1. The molecule has 0 spiro atoms. The summed E-state index contributed by atoms with van der Waals surface area (Å²) < 4.78 is 74.8. The van der Waals surface area contributed by atoms with E-state index in [4.69, 9.17) is 15.9 Å². The minimum absolute atomic E-state index is 0.00518. The van der Waals surface area contributed by atoms with Crippen LogP contribution in [-0.2, 0) is 14.8 Å². The van der Waals surface area contributed by atoms with Crippen molar-refractivity contribution < 1.29 is 31.1 Å². The molecule has 3 aliphatic rings. The van der Waals surface area contributed by atoms with Crippen LogP contribution in [0.4, 0.5) is 13.2 Å². The van der Waals surface area contributed by atoms with E-state index >= 15 is 0 Å². The van der Waals surface area contributed by atoms with Gasteiger partial charge in [-0.2, -0.15) is 12.8 Å².